The highest BCUT2D eigenvalue weighted by Crippen LogP contribution is 2.26. The standard InChI is InChI=1S/C14H28N2O/c1-5-11-8-6-7-9-12(11)15-10-13(17)16-14(2,3)4/h11-12,15H,5-10H2,1-4H3,(H,16,17). The average molecular weight is 240 g/mol. The number of carbonyl (C=O) groups is 1. The molecule has 0 aromatic heterocycles. The van der Waals surface area contributed by atoms with Crippen LogP contribution in [0.2, 0.25) is 0 Å². The number of amides is 1. The Morgan fingerprint density at radius 3 is 2.47 bits per heavy atom. The van der Waals surface area contributed by atoms with E-state index in [1.54, 1.807) is 0 Å². The first-order chi connectivity index (χ1) is 7.92. The van der Waals surface area contributed by atoms with Gasteiger partial charge in [0.1, 0.15) is 0 Å². The topological polar surface area (TPSA) is 41.1 Å². The van der Waals surface area contributed by atoms with Crippen molar-refractivity contribution in [2.45, 2.75) is 71.4 Å². The number of nitrogens with one attached hydrogen (secondary N) is 2. The molecule has 2 unspecified atom stereocenters. The highest BCUT2D eigenvalue weighted by Gasteiger charge is 2.24. The molecule has 17 heavy (non-hydrogen) atoms. The molecule has 0 saturated heterocycles. The Balaban J connectivity index is 2.31. The van der Waals surface area contributed by atoms with E-state index in [9.17, 15) is 4.79 Å². The lowest BCUT2D eigenvalue weighted by atomic mass is 9.83. The van der Waals surface area contributed by atoms with Gasteiger partial charge in [0.2, 0.25) is 5.91 Å². The molecular formula is C14H28N2O. The molecule has 3 heteroatoms. The van der Waals surface area contributed by atoms with E-state index in [1.807, 2.05) is 20.8 Å². The monoisotopic (exact) mass is 240 g/mol. The zero-order chi connectivity index (χ0) is 12.9. The van der Waals surface area contributed by atoms with E-state index < -0.39 is 0 Å². The third-order valence-corrected chi connectivity index (χ3v) is 3.47. The van der Waals surface area contributed by atoms with Gasteiger partial charge < -0.3 is 10.6 Å². The van der Waals surface area contributed by atoms with Gasteiger partial charge in [0, 0.05) is 11.6 Å². The summed E-state index contributed by atoms with van der Waals surface area (Å²) in [5.74, 6) is 0.865. The molecule has 1 rings (SSSR count). The number of rotatable bonds is 4. The summed E-state index contributed by atoms with van der Waals surface area (Å²) in [5.41, 5.74) is -0.129. The molecule has 0 aromatic rings. The van der Waals surface area contributed by atoms with Crippen molar-refractivity contribution in [3.63, 3.8) is 0 Å². The summed E-state index contributed by atoms with van der Waals surface area (Å²) in [6.07, 6.45) is 6.41. The summed E-state index contributed by atoms with van der Waals surface area (Å²) >= 11 is 0. The van der Waals surface area contributed by atoms with E-state index in [0.29, 0.717) is 12.6 Å². The van der Waals surface area contributed by atoms with Gasteiger partial charge in [0.25, 0.3) is 0 Å². The van der Waals surface area contributed by atoms with Crippen molar-refractivity contribution in [3.05, 3.63) is 0 Å². The van der Waals surface area contributed by atoms with Crippen molar-refractivity contribution in [3.8, 4) is 0 Å². The summed E-state index contributed by atoms with van der Waals surface area (Å²) in [6.45, 7) is 8.75. The maximum atomic E-state index is 11.7. The van der Waals surface area contributed by atoms with E-state index >= 15 is 0 Å². The van der Waals surface area contributed by atoms with Crippen LogP contribution in [0.5, 0.6) is 0 Å². The molecule has 0 aromatic carbocycles. The van der Waals surface area contributed by atoms with E-state index in [0.717, 1.165) is 5.92 Å². The molecule has 1 fully saturated rings. The Labute approximate surface area is 106 Å². The maximum absolute atomic E-state index is 11.7. The van der Waals surface area contributed by atoms with E-state index in [4.69, 9.17) is 0 Å². The Hall–Kier alpha value is -0.570. The van der Waals surface area contributed by atoms with E-state index in [1.165, 1.54) is 32.1 Å². The molecule has 0 aliphatic heterocycles. The molecule has 0 radical (unpaired) electrons. The first-order valence-corrected chi connectivity index (χ1v) is 6.97. The second-order valence-corrected chi connectivity index (χ2v) is 6.24. The van der Waals surface area contributed by atoms with Gasteiger partial charge in [0.05, 0.1) is 6.54 Å². The Morgan fingerprint density at radius 2 is 1.88 bits per heavy atom. The molecule has 0 bridgehead atoms. The summed E-state index contributed by atoms with van der Waals surface area (Å²) in [5, 5.41) is 6.42. The van der Waals surface area contributed by atoms with Crippen molar-refractivity contribution in [1.82, 2.24) is 10.6 Å². The molecule has 0 spiro atoms. The molecule has 100 valence electrons. The molecular weight excluding hydrogens is 212 g/mol. The highest BCUT2D eigenvalue weighted by atomic mass is 16.2. The van der Waals surface area contributed by atoms with Gasteiger partial charge >= 0.3 is 0 Å². The fourth-order valence-corrected chi connectivity index (χ4v) is 2.65. The van der Waals surface area contributed by atoms with Gasteiger partial charge in [-0.05, 0) is 39.5 Å². The van der Waals surface area contributed by atoms with Crippen LogP contribution in [-0.4, -0.2) is 24.0 Å². The first kappa shape index (κ1) is 14.5. The van der Waals surface area contributed by atoms with Crippen molar-refractivity contribution < 1.29 is 4.79 Å². The lowest BCUT2D eigenvalue weighted by molar-refractivity contribution is -0.121. The van der Waals surface area contributed by atoms with Crippen molar-refractivity contribution in [2.75, 3.05) is 6.54 Å². The maximum Gasteiger partial charge on any atom is 0.234 e. The second kappa shape index (κ2) is 6.39. The third-order valence-electron chi connectivity index (χ3n) is 3.47. The van der Waals surface area contributed by atoms with Gasteiger partial charge in [-0.15, -0.1) is 0 Å². The number of carbonyl (C=O) groups excluding carboxylic acids is 1. The van der Waals surface area contributed by atoms with Crippen molar-refractivity contribution in [1.29, 1.82) is 0 Å². The Kier molecular flexibility index (Phi) is 5.44. The second-order valence-electron chi connectivity index (χ2n) is 6.24. The van der Waals surface area contributed by atoms with Crippen LogP contribution in [0.3, 0.4) is 0 Å². The van der Waals surface area contributed by atoms with Gasteiger partial charge in [-0.2, -0.15) is 0 Å². The molecule has 1 amide bonds. The normalized spacial score (nSPS) is 25.6. The van der Waals surface area contributed by atoms with Gasteiger partial charge in [-0.1, -0.05) is 26.2 Å². The smallest absolute Gasteiger partial charge is 0.234 e. The number of hydrogen-bond donors (Lipinski definition) is 2. The van der Waals surface area contributed by atoms with Crippen molar-refractivity contribution >= 4 is 5.91 Å². The van der Waals surface area contributed by atoms with Crippen LogP contribution < -0.4 is 10.6 Å². The van der Waals surface area contributed by atoms with Crippen LogP contribution in [-0.2, 0) is 4.79 Å². The Morgan fingerprint density at radius 1 is 1.24 bits per heavy atom. The largest absolute Gasteiger partial charge is 0.350 e. The van der Waals surface area contributed by atoms with E-state index in [2.05, 4.69) is 17.6 Å². The number of hydrogen-bond acceptors (Lipinski definition) is 2. The van der Waals surface area contributed by atoms with Crippen LogP contribution in [0.1, 0.15) is 59.8 Å². The highest BCUT2D eigenvalue weighted by molar-refractivity contribution is 5.78. The molecule has 1 aliphatic carbocycles. The Bertz CT molecular complexity index is 245. The quantitative estimate of drug-likeness (QED) is 0.792. The predicted molar refractivity (Wildman–Crippen MR) is 71.9 cm³/mol. The summed E-state index contributed by atoms with van der Waals surface area (Å²) in [7, 11) is 0. The molecule has 1 saturated carbocycles. The molecule has 3 nitrogen and oxygen atoms in total. The average Bonchev–Trinajstić information content (AvgIpc) is 2.24. The summed E-state index contributed by atoms with van der Waals surface area (Å²) < 4.78 is 0. The zero-order valence-corrected chi connectivity index (χ0v) is 11.8. The minimum atomic E-state index is -0.129. The van der Waals surface area contributed by atoms with Crippen LogP contribution in [0.15, 0.2) is 0 Å². The molecule has 1 aliphatic rings. The van der Waals surface area contributed by atoms with Crippen LogP contribution >= 0.6 is 0 Å². The molecule has 2 atom stereocenters. The zero-order valence-electron chi connectivity index (χ0n) is 11.8. The lowest BCUT2D eigenvalue weighted by Gasteiger charge is -2.32. The van der Waals surface area contributed by atoms with Crippen LogP contribution in [0.4, 0.5) is 0 Å². The van der Waals surface area contributed by atoms with Crippen LogP contribution in [0.25, 0.3) is 0 Å². The SMILES string of the molecule is CCC1CCCCC1NCC(=O)NC(C)(C)C. The predicted octanol–water partition coefficient (Wildman–Crippen LogP) is 2.46. The third kappa shape index (κ3) is 5.53. The molecule has 0 heterocycles. The summed E-state index contributed by atoms with van der Waals surface area (Å²) in [4.78, 5) is 11.7. The van der Waals surface area contributed by atoms with Crippen molar-refractivity contribution in [2.24, 2.45) is 5.92 Å². The molecule has 2 N–H and O–H groups in total. The van der Waals surface area contributed by atoms with Gasteiger partial charge in [-0.25, -0.2) is 0 Å². The minimum Gasteiger partial charge on any atom is -0.350 e. The fraction of sp³-hybridized carbons (Fsp3) is 0.929. The van der Waals surface area contributed by atoms with Crippen LogP contribution in [0, 0.1) is 5.92 Å². The first-order valence-electron chi connectivity index (χ1n) is 6.97. The summed E-state index contributed by atoms with van der Waals surface area (Å²) in [6, 6.07) is 0.541. The lowest BCUT2D eigenvalue weighted by Crippen LogP contribution is -2.48. The minimum absolute atomic E-state index is 0.109. The van der Waals surface area contributed by atoms with Gasteiger partial charge in [0.15, 0.2) is 0 Å². The van der Waals surface area contributed by atoms with E-state index in [-0.39, 0.29) is 11.4 Å². The van der Waals surface area contributed by atoms with Gasteiger partial charge in [-0.3, -0.25) is 4.79 Å². The fourth-order valence-electron chi connectivity index (χ4n) is 2.65.